The molecule has 8 heteroatoms. The summed E-state index contributed by atoms with van der Waals surface area (Å²) in [5.41, 5.74) is 6.74. The number of hydrogen-bond acceptors (Lipinski definition) is 4. The summed E-state index contributed by atoms with van der Waals surface area (Å²) in [4.78, 5) is -0.486. The van der Waals surface area contributed by atoms with Crippen LogP contribution in [0.2, 0.25) is 0 Å². The first-order valence-corrected chi connectivity index (χ1v) is 7.94. The van der Waals surface area contributed by atoms with Crippen LogP contribution in [0, 0.1) is 12.7 Å². The average molecular weight is 312 g/mol. The number of aryl methyl sites for hydroxylation is 2. The van der Waals surface area contributed by atoms with Crippen molar-refractivity contribution in [3.8, 4) is 0 Å². The second kappa shape index (κ2) is 5.72. The molecule has 6 nitrogen and oxygen atoms in total. The van der Waals surface area contributed by atoms with Crippen LogP contribution < -0.4 is 10.5 Å². The third kappa shape index (κ3) is 3.33. The molecule has 0 amide bonds. The second-order valence-electron chi connectivity index (χ2n) is 4.78. The molecule has 1 heterocycles. The topological polar surface area (TPSA) is 101 Å². The molecule has 0 aliphatic rings. The maximum atomic E-state index is 14.0. The zero-order valence-electron chi connectivity index (χ0n) is 11.8. The van der Waals surface area contributed by atoms with Gasteiger partial charge in [-0.15, -0.1) is 0 Å². The summed E-state index contributed by atoms with van der Waals surface area (Å²) in [5.74, 6) is -0.695. The maximum Gasteiger partial charge on any atom is 0.266 e. The lowest BCUT2D eigenvalue weighted by Gasteiger charge is -2.09. The number of aromatic nitrogens is 2. The lowest BCUT2D eigenvalue weighted by atomic mass is 10.2. The van der Waals surface area contributed by atoms with Gasteiger partial charge in [0.15, 0.2) is 5.82 Å². The smallest absolute Gasteiger partial charge is 0.266 e. The van der Waals surface area contributed by atoms with E-state index in [0.29, 0.717) is 0 Å². The Morgan fingerprint density at radius 1 is 1.38 bits per heavy atom. The van der Waals surface area contributed by atoms with Gasteiger partial charge < -0.3 is 5.73 Å². The lowest BCUT2D eigenvalue weighted by Crippen LogP contribution is -2.16. The van der Waals surface area contributed by atoms with Gasteiger partial charge in [0.05, 0.1) is 0 Å². The highest BCUT2D eigenvalue weighted by molar-refractivity contribution is 7.92. The van der Waals surface area contributed by atoms with Crippen LogP contribution in [0.4, 0.5) is 15.9 Å². The van der Waals surface area contributed by atoms with E-state index in [9.17, 15) is 12.8 Å². The molecule has 0 atom stereocenters. The molecule has 1 aromatic heterocycles. The SMILES string of the molecule is CCCc1cc(NS(=O)(=O)c2cc(N)cc(C)c2F)n[nH]1. The number of hydrogen-bond donors (Lipinski definition) is 3. The van der Waals surface area contributed by atoms with Crippen molar-refractivity contribution in [2.24, 2.45) is 0 Å². The number of nitrogens with two attached hydrogens (primary N) is 1. The predicted octanol–water partition coefficient (Wildman–Crippen LogP) is 2.19. The van der Waals surface area contributed by atoms with Crippen LogP contribution in [0.3, 0.4) is 0 Å². The number of rotatable bonds is 5. The van der Waals surface area contributed by atoms with E-state index in [1.54, 1.807) is 6.07 Å². The molecule has 0 unspecified atom stereocenters. The Kier molecular flexibility index (Phi) is 4.17. The van der Waals surface area contributed by atoms with E-state index in [4.69, 9.17) is 5.73 Å². The molecule has 21 heavy (non-hydrogen) atoms. The summed E-state index contributed by atoms with van der Waals surface area (Å²) in [5, 5.41) is 6.57. The molecule has 0 saturated heterocycles. The van der Waals surface area contributed by atoms with Crippen molar-refractivity contribution in [3.05, 3.63) is 35.3 Å². The van der Waals surface area contributed by atoms with Crippen LogP contribution in [-0.4, -0.2) is 18.6 Å². The Labute approximate surface area is 122 Å². The number of nitrogens with one attached hydrogen (secondary N) is 2. The van der Waals surface area contributed by atoms with Crippen LogP contribution in [0.5, 0.6) is 0 Å². The quantitative estimate of drug-likeness (QED) is 0.737. The maximum absolute atomic E-state index is 14.0. The molecule has 0 aliphatic carbocycles. The Hall–Kier alpha value is -2.09. The minimum absolute atomic E-state index is 0.123. The van der Waals surface area contributed by atoms with Crippen molar-refractivity contribution in [2.45, 2.75) is 31.6 Å². The minimum atomic E-state index is -4.08. The van der Waals surface area contributed by atoms with Crippen molar-refractivity contribution >= 4 is 21.5 Å². The summed E-state index contributed by atoms with van der Waals surface area (Å²) < 4.78 is 40.7. The number of H-pyrrole nitrogens is 1. The fourth-order valence-electron chi connectivity index (χ4n) is 1.96. The molecular formula is C13H17FN4O2S. The molecule has 2 aromatic rings. The Bertz CT molecular complexity index is 756. The van der Waals surface area contributed by atoms with Crippen molar-refractivity contribution in [1.29, 1.82) is 0 Å². The zero-order valence-corrected chi connectivity index (χ0v) is 12.6. The third-order valence-electron chi connectivity index (χ3n) is 2.92. The number of benzene rings is 1. The van der Waals surface area contributed by atoms with Gasteiger partial charge in [0.1, 0.15) is 10.7 Å². The summed E-state index contributed by atoms with van der Waals surface area (Å²) in [6, 6.07) is 4.05. The molecule has 2 rings (SSSR count). The van der Waals surface area contributed by atoms with Crippen LogP contribution in [0.15, 0.2) is 23.1 Å². The predicted molar refractivity (Wildman–Crippen MR) is 78.9 cm³/mol. The van der Waals surface area contributed by atoms with E-state index in [2.05, 4.69) is 14.9 Å². The van der Waals surface area contributed by atoms with Crippen molar-refractivity contribution in [1.82, 2.24) is 10.2 Å². The highest BCUT2D eigenvalue weighted by Crippen LogP contribution is 2.23. The zero-order chi connectivity index (χ0) is 15.6. The highest BCUT2D eigenvalue weighted by Gasteiger charge is 2.22. The van der Waals surface area contributed by atoms with E-state index >= 15 is 0 Å². The van der Waals surface area contributed by atoms with Crippen molar-refractivity contribution < 1.29 is 12.8 Å². The molecule has 0 fully saturated rings. The van der Waals surface area contributed by atoms with Crippen LogP contribution in [0.1, 0.15) is 24.6 Å². The summed E-state index contributed by atoms with van der Waals surface area (Å²) in [6.07, 6.45) is 1.65. The van der Waals surface area contributed by atoms with E-state index in [1.165, 1.54) is 13.0 Å². The highest BCUT2D eigenvalue weighted by atomic mass is 32.2. The second-order valence-corrected chi connectivity index (χ2v) is 6.43. The first-order valence-electron chi connectivity index (χ1n) is 6.46. The van der Waals surface area contributed by atoms with Gasteiger partial charge in [0.2, 0.25) is 0 Å². The minimum Gasteiger partial charge on any atom is -0.399 e. The van der Waals surface area contributed by atoms with Crippen molar-refractivity contribution in [3.63, 3.8) is 0 Å². The van der Waals surface area contributed by atoms with Crippen LogP contribution in [-0.2, 0) is 16.4 Å². The van der Waals surface area contributed by atoms with Gasteiger partial charge in [-0.05, 0) is 31.0 Å². The van der Waals surface area contributed by atoms with Crippen LogP contribution >= 0.6 is 0 Å². The normalized spacial score (nSPS) is 11.6. The summed E-state index contributed by atoms with van der Waals surface area (Å²) in [7, 11) is -4.08. The van der Waals surface area contributed by atoms with Gasteiger partial charge in [0.25, 0.3) is 10.0 Å². The number of aromatic amines is 1. The molecule has 0 radical (unpaired) electrons. The van der Waals surface area contributed by atoms with E-state index in [0.717, 1.165) is 24.6 Å². The Morgan fingerprint density at radius 2 is 2.10 bits per heavy atom. The molecule has 0 spiro atoms. The Morgan fingerprint density at radius 3 is 2.76 bits per heavy atom. The fourth-order valence-corrected chi connectivity index (χ4v) is 3.14. The van der Waals surface area contributed by atoms with Gasteiger partial charge in [-0.3, -0.25) is 9.82 Å². The number of sulfonamides is 1. The van der Waals surface area contributed by atoms with Gasteiger partial charge in [-0.2, -0.15) is 5.10 Å². The monoisotopic (exact) mass is 312 g/mol. The van der Waals surface area contributed by atoms with E-state index < -0.39 is 20.7 Å². The molecule has 4 N–H and O–H groups in total. The summed E-state index contributed by atoms with van der Waals surface area (Å²) >= 11 is 0. The van der Waals surface area contributed by atoms with E-state index in [1.807, 2.05) is 6.92 Å². The molecule has 0 bridgehead atoms. The molecule has 1 aromatic carbocycles. The number of halogens is 1. The summed E-state index contributed by atoms with van der Waals surface area (Å²) in [6.45, 7) is 3.45. The molecular weight excluding hydrogens is 295 g/mol. The number of nitrogen functional groups attached to an aromatic ring is 1. The number of anilines is 2. The average Bonchev–Trinajstić information content (AvgIpc) is 2.80. The third-order valence-corrected chi connectivity index (χ3v) is 4.28. The fraction of sp³-hybridized carbons (Fsp3) is 0.308. The standard InChI is InChI=1S/C13H17FN4O2S/c1-3-4-10-7-12(17-16-10)18-21(19,20)11-6-9(15)5-8(2)13(11)14/h5-7H,3-4,15H2,1-2H3,(H2,16,17,18). The van der Waals surface area contributed by atoms with Crippen molar-refractivity contribution in [2.75, 3.05) is 10.5 Å². The largest absolute Gasteiger partial charge is 0.399 e. The van der Waals surface area contributed by atoms with Gasteiger partial charge >= 0.3 is 0 Å². The van der Waals surface area contributed by atoms with E-state index in [-0.39, 0.29) is 17.1 Å². The lowest BCUT2D eigenvalue weighted by molar-refractivity contribution is 0.565. The first kappa shape index (κ1) is 15.3. The molecule has 0 aliphatic heterocycles. The van der Waals surface area contributed by atoms with Gasteiger partial charge in [-0.25, -0.2) is 12.8 Å². The first-order chi connectivity index (χ1) is 9.83. The number of nitrogens with zero attached hydrogens (tertiary/aromatic N) is 1. The molecule has 114 valence electrons. The van der Waals surface area contributed by atoms with Crippen LogP contribution in [0.25, 0.3) is 0 Å². The van der Waals surface area contributed by atoms with Gasteiger partial charge in [0, 0.05) is 17.4 Å². The Balaban J connectivity index is 2.34. The van der Waals surface area contributed by atoms with Gasteiger partial charge in [-0.1, -0.05) is 13.3 Å². The molecule has 0 saturated carbocycles.